The number of hydrogen-bond donors (Lipinski definition) is 1. The molecule has 0 amide bonds. The van der Waals surface area contributed by atoms with Crippen molar-refractivity contribution in [1.29, 1.82) is 0 Å². The van der Waals surface area contributed by atoms with E-state index in [4.69, 9.17) is 9.47 Å². The lowest BCUT2D eigenvalue weighted by atomic mass is 10.0. The average molecular weight is 263 g/mol. The van der Waals surface area contributed by atoms with Crippen LogP contribution in [0.4, 0.5) is 0 Å². The van der Waals surface area contributed by atoms with E-state index in [-0.39, 0.29) is 6.10 Å². The van der Waals surface area contributed by atoms with Crippen LogP contribution in [0.3, 0.4) is 0 Å². The zero-order valence-electron chi connectivity index (χ0n) is 12.0. The van der Waals surface area contributed by atoms with Crippen molar-refractivity contribution in [2.24, 2.45) is 5.92 Å². The van der Waals surface area contributed by atoms with Gasteiger partial charge in [-0.05, 0) is 56.8 Å². The summed E-state index contributed by atoms with van der Waals surface area (Å²) >= 11 is 0. The highest BCUT2D eigenvalue weighted by molar-refractivity contribution is 5.27. The molecule has 0 aromatic heterocycles. The van der Waals surface area contributed by atoms with Crippen LogP contribution in [0.1, 0.15) is 32.3 Å². The Morgan fingerprint density at radius 2 is 1.89 bits per heavy atom. The van der Waals surface area contributed by atoms with E-state index in [2.05, 4.69) is 17.4 Å². The summed E-state index contributed by atoms with van der Waals surface area (Å²) in [7, 11) is 0. The van der Waals surface area contributed by atoms with Crippen LogP contribution >= 0.6 is 0 Å². The van der Waals surface area contributed by atoms with Crippen LogP contribution in [-0.2, 0) is 11.3 Å². The van der Waals surface area contributed by atoms with Gasteiger partial charge in [-0.1, -0.05) is 12.1 Å². The largest absolute Gasteiger partial charge is 0.491 e. The van der Waals surface area contributed by atoms with Crippen molar-refractivity contribution >= 4 is 0 Å². The average Bonchev–Trinajstić information content (AvgIpc) is 2.41. The van der Waals surface area contributed by atoms with E-state index >= 15 is 0 Å². The summed E-state index contributed by atoms with van der Waals surface area (Å²) in [5.74, 6) is 1.72. The van der Waals surface area contributed by atoms with Crippen LogP contribution in [0, 0.1) is 5.92 Å². The van der Waals surface area contributed by atoms with E-state index in [0.717, 1.165) is 38.0 Å². The number of rotatable bonds is 6. The normalized spacial score (nSPS) is 16.8. The summed E-state index contributed by atoms with van der Waals surface area (Å²) in [6, 6.07) is 8.36. The van der Waals surface area contributed by atoms with Gasteiger partial charge in [0.2, 0.25) is 0 Å². The topological polar surface area (TPSA) is 30.5 Å². The third kappa shape index (κ3) is 5.21. The van der Waals surface area contributed by atoms with E-state index < -0.39 is 0 Å². The minimum absolute atomic E-state index is 0.234. The molecule has 1 aromatic carbocycles. The van der Waals surface area contributed by atoms with Crippen LogP contribution in [0.25, 0.3) is 0 Å². The van der Waals surface area contributed by atoms with Crippen LogP contribution in [0.5, 0.6) is 5.75 Å². The fourth-order valence-corrected chi connectivity index (χ4v) is 2.33. The summed E-state index contributed by atoms with van der Waals surface area (Å²) in [6.45, 7) is 7.96. The predicted octanol–water partition coefficient (Wildman–Crippen LogP) is 2.99. The van der Waals surface area contributed by atoms with Gasteiger partial charge in [-0.3, -0.25) is 0 Å². The molecule has 0 bridgehead atoms. The summed E-state index contributed by atoms with van der Waals surface area (Å²) in [5, 5.41) is 3.54. The Kier molecular flexibility index (Phi) is 5.67. The van der Waals surface area contributed by atoms with E-state index in [0.29, 0.717) is 0 Å². The quantitative estimate of drug-likeness (QED) is 0.856. The fraction of sp³-hybridized carbons (Fsp3) is 0.625. The van der Waals surface area contributed by atoms with Crippen LogP contribution < -0.4 is 10.1 Å². The molecule has 3 heteroatoms. The second-order valence-electron chi connectivity index (χ2n) is 5.50. The van der Waals surface area contributed by atoms with Gasteiger partial charge in [0.15, 0.2) is 0 Å². The first-order valence-corrected chi connectivity index (χ1v) is 7.28. The molecule has 0 radical (unpaired) electrons. The maximum Gasteiger partial charge on any atom is 0.119 e. The lowest BCUT2D eigenvalue weighted by molar-refractivity contribution is 0.0662. The molecule has 106 valence electrons. The van der Waals surface area contributed by atoms with Gasteiger partial charge in [0.25, 0.3) is 0 Å². The lowest BCUT2D eigenvalue weighted by Gasteiger charge is -2.22. The second kappa shape index (κ2) is 7.51. The van der Waals surface area contributed by atoms with Crippen LogP contribution in [0.2, 0.25) is 0 Å². The molecule has 0 saturated carbocycles. The van der Waals surface area contributed by atoms with Crippen molar-refractivity contribution in [1.82, 2.24) is 5.32 Å². The van der Waals surface area contributed by atoms with Crippen molar-refractivity contribution in [3.8, 4) is 5.75 Å². The minimum atomic E-state index is 0.234. The van der Waals surface area contributed by atoms with Crippen molar-refractivity contribution in [3.05, 3.63) is 29.8 Å². The van der Waals surface area contributed by atoms with E-state index in [1.165, 1.54) is 18.4 Å². The Hall–Kier alpha value is -1.06. The number of ether oxygens (including phenoxy) is 2. The van der Waals surface area contributed by atoms with Crippen molar-refractivity contribution in [2.75, 3.05) is 19.8 Å². The molecular weight excluding hydrogens is 238 g/mol. The van der Waals surface area contributed by atoms with Crippen LogP contribution in [0.15, 0.2) is 24.3 Å². The van der Waals surface area contributed by atoms with Gasteiger partial charge in [0.1, 0.15) is 5.75 Å². The molecule has 0 unspecified atom stereocenters. The molecule has 1 aromatic rings. The zero-order valence-corrected chi connectivity index (χ0v) is 12.0. The molecule has 2 rings (SSSR count). The highest BCUT2D eigenvalue weighted by atomic mass is 16.5. The molecule has 1 aliphatic rings. The predicted molar refractivity (Wildman–Crippen MR) is 77.5 cm³/mol. The molecule has 1 heterocycles. The first kappa shape index (κ1) is 14.4. The fourth-order valence-electron chi connectivity index (χ4n) is 2.33. The Morgan fingerprint density at radius 1 is 1.21 bits per heavy atom. The summed E-state index contributed by atoms with van der Waals surface area (Å²) in [4.78, 5) is 0. The highest BCUT2D eigenvalue weighted by Crippen LogP contribution is 2.15. The lowest BCUT2D eigenvalue weighted by Crippen LogP contribution is -2.27. The number of nitrogens with one attached hydrogen (secondary N) is 1. The van der Waals surface area contributed by atoms with Gasteiger partial charge in [0.05, 0.1) is 6.10 Å². The van der Waals surface area contributed by atoms with E-state index in [1.54, 1.807) is 0 Å². The second-order valence-corrected chi connectivity index (χ2v) is 5.50. The van der Waals surface area contributed by atoms with Gasteiger partial charge < -0.3 is 14.8 Å². The molecule has 1 fully saturated rings. The molecule has 19 heavy (non-hydrogen) atoms. The first-order chi connectivity index (χ1) is 9.24. The SMILES string of the molecule is CC(C)Oc1ccc(CNCC2CCOCC2)cc1. The Morgan fingerprint density at radius 3 is 2.53 bits per heavy atom. The molecule has 0 atom stereocenters. The maximum atomic E-state index is 5.63. The molecular formula is C16H25NO2. The third-order valence-corrected chi connectivity index (χ3v) is 3.40. The maximum absolute atomic E-state index is 5.63. The van der Waals surface area contributed by atoms with Gasteiger partial charge in [-0.2, -0.15) is 0 Å². The van der Waals surface area contributed by atoms with Gasteiger partial charge in [-0.25, -0.2) is 0 Å². The van der Waals surface area contributed by atoms with Crippen molar-refractivity contribution in [2.45, 2.75) is 39.3 Å². The smallest absolute Gasteiger partial charge is 0.119 e. The molecule has 0 spiro atoms. The summed E-state index contributed by atoms with van der Waals surface area (Å²) < 4.78 is 11.0. The summed E-state index contributed by atoms with van der Waals surface area (Å²) in [5.41, 5.74) is 1.31. The van der Waals surface area contributed by atoms with E-state index in [9.17, 15) is 0 Å². The van der Waals surface area contributed by atoms with Crippen molar-refractivity contribution in [3.63, 3.8) is 0 Å². The molecule has 1 N–H and O–H groups in total. The summed E-state index contributed by atoms with van der Waals surface area (Å²) in [6.07, 6.45) is 2.61. The minimum Gasteiger partial charge on any atom is -0.491 e. The Labute approximate surface area is 116 Å². The van der Waals surface area contributed by atoms with E-state index in [1.807, 2.05) is 26.0 Å². The first-order valence-electron chi connectivity index (χ1n) is 7.28. The highest BCUT2D eigenvalue weighted by Gasteiger charge is 2.12. The van der Waals surface area contributed by atoms with Gasteiger partial charge in [-0.15, -0.1) is 0 Å². The third-order valence-electron chi connectivity index (χ3n) is 3.40. The monoisotopic (exact) mass is 263 g/mol. The Bertz CT molecular complexity index is 356. The van der Waals surface area contributed by atoms with Gasteiger partial charge >= 0.3 is 0 Å². The Balaban J connectivity index is 1.70. The molecule has 1 saturated heterocycles. The zero-order chi connectivity index (χ0) is 13.5. The number of hydrogen-bond acceptors (Lipinski definition) is 3. The van der Waals surface area contributed by atoms with Crippen LogP contribution in [-0.4, -0.2) is 25.9 Å². The molecule has 0 aliphatic carbocycles. The standard InChI is InChI=1S/C16H25NO2/c1-13(2)19-16-5-3-14(4-6-16)11-17-12-15-7-9-18-10-8-15/h3-6,13,15,17H,7-12H2,1-2H3. The van der Waals surface area contributed by atoms with Crippen molar-refractivity contribution < 1.29 is 9.47 Å². The van der Waals surface area contributed by atoms with Gasteiger partial charge in [0, 0.05) is 19.8 Å². The molecule has 1 aliphatic heterocycles. The number of benzene rings is 1. The molecule has 3 nitrogen and oxygen atoms in total.